The molecule has 2 aliphatic rings. The molecule has 0 aromatic carbocycles. The summed E-state index contributed by atoms with van der Waals surface area (Å²) in [7, 11) is -3.04. The summed E-state index contributed by atoms with van der Waals surface area (Å²) in [5.41, 5.74) is 0.144. The van der Waals surface area contributed by atoms with Gasteiger partial charge in [0.1, 0.15) is 0 Å². The quantitative estimate of drug-likeness (QED) is 0.867. The highest BCUT2D eigenvalue weighted by Gasteiger charge is 2.35. The van der Waals surface area contributed by atoms with Crippen molar-refractivity contribution in [2.45, 2.75) is 76.5 Å². The number of hydrogen-bond donors (Lipinski definition) is 1. The molecule has 2 fully saturated rings. The Labute approximate surface area is 130 Å². The molecule has 0 radical (unpaired) electrons. The van der Waals surface area contributed by atoms with Crippen molar-refractivity contribution in [1.29, 1.82) is 0 Å². The molecule has 5 heteroatoms. The van der Waals surface area contributed by atoms with Gasteiger partial charge in [-0.2, -0.15) is 0 Å². The van der Waals surface area contributed by atoms with E-state index in [1.54, 1.807) is 4.31 Å². The van der Waals surface area contributed by atoms with E-state index in [9.17, 15) is 8.42 Å². The van der Waals surface area contributed by atoms with E-state index in [1.165, 1.54) is 6.42 Å². The summed E-state index contributed by atoms with van der Waals surface area (Å²) in [6, 6.07) is 0. The smallest absolute Gasteiger partial charge is 0.216 e. The Hall–Kier alpha value is -0.130. The van der Waals surface area contributed by atoms with Gasteiger partial charge in [-0.05, 0) is 58.9 Å². The minimum Gasteiger partial charge on any atom is -0.312 e. The highest BCUT2D eigenvalue weighted by Crippen LogP contribution is 2.29. The van der Waals surface area contributed by atoms with Gasteiger partial charge in [-0.1, -0.05) is 19.3 Å². The standard InChI is InChI=1S/C16H32N2O2S/c1-16(2,3)17-13-14-9-11-18(12-10-14)21(19,20)15-7-5-4-6-8-15/h14-15,17H,4-13H2,1-3H3. The fourth-order valence-corrected chi connectivity index (χ4v) is 5.46. The molecule has 4 nitrogen and oxygen atoms in total. The van der Waals surface area contributed by atoms with Crippen LogP contribution in [0.15, 0.2) is 0 Å². The number of nitrogens with zero attached hydrogens (tertiary/aromatic N) is 1. The molecule has 0 aromatic rings. The molecule has 21 heavy (non-hydrogen) atoms. The Morgan fingerprint density at radius 1 is 1.00 bits per heavy atom. The van der Waals surface area contributed by atoms with E-state index in [0.29, 0.717) is 5.92 Å². The van der Waals surface area contributed by atoms with E-state index >= 15 is 0 Å². The van der Waals surface area contributed by atoms with Crippen molar-refractivity contribution in [3.63, 3.8) is 0 Å². The first-order valence-electron chi connectivity index (χ1n) is 8.53. The van der Waals surface area contributed by atoms with Crippen LogP contribution in [0.5, 0.6) is 0 Å². The lowest BCUT2D eigenvalue weighted by atomic mass is 9.97. The zero-order valence-electron chi connectivity index (χ0n) is 13.9. The molecular formula is C16H32N2O2S. The minimum absolute atomic E-state index is 0.101. The number of rotatable bonds is 4. The Bertz CT molecular complexity index is 414. The van der Waals surface area contributed by atoms with Crippen LogP contribution in [0.4, 0.5) is 0 Å². The van der Waals surface area contributed by atoms with Crippen LogP contribution in [0.25, 0.3) is 0 Å². The van der Waals surface area contributed by atoms with Crippen LogP contribution < -0.4 is 5.32 Å². The molecular weight excluding hydrogens is 284 g/mol. The molecule has 0 amide bonds. The van der Waals surface area contributed by atoms with Gasteiger partial charge < -0.3 is 5.32 Å². The van der Waals surface area contributed by atoms with E-state index in [0.717, 1.165) is 58.2 Å². The van der Waals surface area contributed by atoms with Gasteiger partial charge in [0.05, 0.1) is 5.25 Å². The van der Waals surface area contributed by atoms with Gasteiger partial charge in [-0.3, -0.25) is 0 Å². The summed E-state index contributed by atoms with van der Waals surface area (Å²) in [6.07, 6.45) is 7.09. The molecule has 0 aromatic heterocycles. The number of nitrogens with one attached hydrogen (secondary N) is 1. The van der Waals surface area contributed by atoms with Gasteiger partial charge in [0.15, 0.2) is 0 Å². The lowest BCUT2D eigenvalue weighted by Crippen LogP contribution is -2.46. The normalized spacial score (nSPS) is 24.3. The van der Waals surface area contributed by atoms with E-state index in [4.69, 9.17) is 0 Å². The lowest BCUT2D eigenvalue weighted by Gasteiger charge is -2.35. The van der Waals surface area contributed by atoms with Gasteiger partial charge in [0.2, 0.25) is 10.0 Å². The summed E-state index contributed by atoms with van der Waals surface area (Å²) in [5.74, 6) is 0.613. The molecule has 0 bridgehead atoms. The molecule has 0 atom stereocenters. The largest absolute Gasteiger partial charge is 0.312 e. The molecule has 1 saturated heterocycles. The Morgan fingerprint density at radius 3 is 2.10 bits per heavy atom. The maximum atomic E-state index is 12.7. The number of piperidine rings is 1. The van der Waals surface area contributed by atoms with Crippen LogP contribution in [-0.4, -0.2) is 43.1 Å². The van der Waals surface area contributed by atoms with E-state index in [-0.39, 0.29) is 10.8 Å². The van der Waals surface area contributed by atoms with Crippen molar-refractivity contribution >= 4 is 10.0 Å². The van der Waals surface area contributed by atoms with Crippen LogP contribution >= 0.6 is 0 Å². The molecule has 0 unspecified atom stereocenters. The number of sulfonamides is 1. The first kappa shape index (κ1) is 17.2. The van der Waals surface area contributed by atoms with Gasteiger partial charge in [0.25, 0.3) is 0 Å². The SMILES string of the molecule is CC(C)(C)NCC1CCN(S(=O)(=O)C2CCCCC2)CC1. The maximum Gasteiger partial charge on any atom is 0.216 e. The van der Waals surface area contributed by atoms with E-state index in [2.05, 4.69) is 26.1 Å². The maximum absolute atomic E-state index is 12.7. The molecule has 1 heterocycles. The van der Waals surface area contributed by atoms with E-state index in [1.807, 2.05) is 0 Å². The van der Waals surface area contributed by atoms with Crippen LogP contribution in [0.3, 0.4) is 0 Å². The zero-order valence-corrected chi connectivity index (χ0v) is 14.7. The van der Waals surface area contributed by atoms with E-state index < -0.39 is 10.0 Å². The highest BCUT2D eigenvalue weighted by atomic mass is 32.2. The van der Waals surface area contributed by atoms with Gasteiger partial charge in [-0.25, -0.2) is 12.7 Å². The molecule has 0 spiro atoms. The van der Waals surface area contributed by atoms with Crippen molar-refractivity contribution in [1.82, 2.24) is 9.62 Å². The predicted octanol–water partition coefficient (Wildman–Crippen LogP) is 2.75. The summed E-state index contributed by atoms with van der Waals surface area (Å²) < 4.78 is 27.1. The van der Waals surface area contributed by atoms with Crippen molar-refractivity contribution < 1.29 is 8.42 Å². The van der Waals surface area contributed by atoms with Crippen molar-refractivity contribution in [3.8, 4) is 0 Å². The Kier molecular flexibility index (Phi) is 5.71. The van der Waals surface area contributed by atoms with Crippen LogP contribution in [0, 0.1) is 5.92 Å². The fraction of sp³-hybridized carbons (Fsp3) is 1.00. The topological polar surface area (TPSA) is 49.4 Å². The van der Waals surface area contributed by atoms with Gasteiger partial charge in [0, 0.05) is 18.6 Å². The second kappa shape index (κ2) is 6.97. The monoisotopic (exact) mass is 316 g/mol. The summed E-state index contributed by atoms with van der Waals surface area (Å²) >= 11 is 0. The zero-order chi connectivity index (χ0) is 15.5. The first-order valence-corrected chi connectivity index (χ1v) is 10.0. The molecule has 124 valence electrons. The Balaban J connectivity index is 1.82. The summed E-state index contributed by atoms with van der Waals surface area (Å²) in [4.78, 5) is 0. The molecule has 1 saturated carbocycles. The molecule has 2 rings (SSSR count). The van der Waals surface area contributed by atoms with Crippen LogP contribution in [0.1, 0.15) is 65.7 Å². The van der Waals surface area contributed by atoms with Crippen LogP contribution in [-0.2, 0) is 10.0 Å². The predicted molar refractivity (Wildman–Crippen MR) is 87.8 cm³/mol. The molecule has 1 aliphatic carbocycles. The van der Waals surface area contributed by atoms with Crippen molar-refractivity contribution in [3.05, 3.63) is 0 Å². The second-order valence-electron chi connectivity index (χ2n) is 7.78. The second-order valence-corrected chi connectivity index (χ2v) is 9.99. The lowest BCUT2D eigenvalue weighted by molar-refractivity contribution is 0.248. The summed E-state index contributed by atoms with van der Waals surface area (Å²) in [5, 5.41) is 3.44. The van der Waals surface area contributed by atoms with Gasteiger partial charge in [-0.15, -0.1) is 0 Å². The average molecular weight is 317 g/mol. The van der Waals surface area contributed by atoms with Crippen LogP contribution in [0.2, 0.25) is 0 Å². The molecule has 1 N–H and O–H groups in total. The van der Waals surface area contributed by atoms with Crippen molar-refractivity contribution in [2.75, 3.05) is 19.6 Å². The van der Waals surface area contributed by atoms with Crippen molar-refractivity contribution in [2.24, 2.45) is 5.92 Å². The van der Waals surface area contributed by atoms with Gasteiger partial charge >= 0.3 is 0 Å². The highest BCUT2D eigenvalue weighted by molar-refractivity contribution is 7.89. The number of hydrogen-bond acceptors (Lipinski definition) is 3. The minimum atomic E-state index is -3.04. The first-order chi connectivity index (χ1) is 9.79. The summed E-state index contributed by atoms with van der Waals surface area (Å²) in [6.45, 7) is 8.96. The Morgan fingerprint density at radius 2 is 1.57 bits per heavy atom. The average Bonchev–Trinajstić information content (AvgIpc) is 2.46. The fourth-order valence-electron chi connectivity index (χ4n) is 3.39. The third-order valence-electron chi connectivity index (χ3n) is 4.83. The third kappa shape index (κ3) is 4.93. The third-order valence-corrected chi connectivity index (χ3v) is 7.23. The molecule has 1 aliphatic heterocycles.